The number of aliphatic carboxylic acids is 1. The molecule has 7 nitrogen and oxygen atoms in total. The van der Waals surface area contributed by atoms with Crippen LogP contribution in [0.4, 0.5) is 22.0 Å². The number of benzene rings is 1. The highest BCUT2D eigenvalue weighted by Gasteiger charge is 2.36. The molecule has 4 rings (SSSR count). The van der Waals surface area contributed by atoms with Crippen molar-refractivity contribution < 1.29 is 36.6 Å². The Morgan fingerprint density at radius 1 is 1.18 bits per heavy atom. The number of hydrogen-bond donors (Lipinski definition) is 2. The number of nitrogens with zero attached hydrogens (tertiary/aromatic N) is 3. The van der Waals surface area contributed by atoms with Gasteiger partial charge in [0, 0.05) is 24.6 Å². The van der Waals surface area contributed by atoms with E-state index in [1.54, 1.807) is 17.5 Å². The second kappa shape index (κ2) is 11.2. The summed E-state index contributed by atoms with van der Waals surface area (Å²) in [6.45, 7) is 0.159. The van der Waals surface area contributed by atoms with Gasteiger partial charge in [-0.3, -0.25) is 14.5 Å². The maximum absolute atomic E-state index is 13.7. The fourth-order valence-corrected chi connectivity index (χ4v) is 5.16. The number of hydrogen-bond acceptors (Lipinski definition) is 5. The zero-order valence-electron chi connectivity index (χ0n) is 20.0. The maximum Gasteiger partial charge on any atom is 0.417 e. The van der Waals surface area contributed by atoms with E-state index in [0.717, 1.165) is 6.07 Å². The molecule has 0 radical (unpaired) electrons. The van der Waals surface area contributed by atoms with Crippen LogP contribution >= 0.6 is 11.3 Å². The first-order valence-electron chi connectivity index (χ1n) is 11.9. The molecular weight excluding hydrogens is 531 g/mol. The number of carbonyl (C=O) groups excluding carboxylic acids is 1. The Bertz CT molecular complexity index is 1280. The molecule has 2 N–H and O–H groups in total. The van der Waals surface area contributed by atoms with E-state index in [0.29, 0.717) is 18.0 Å². The molecule has 0 unspecified atom stereocenters. The van der Waals surface area contributed by atoms with Gasteiger partial charge < -0.3 is 10.4 Å². The molecule has 1 amide bonds. The quantitative estimate of drug-likeness (QED) is 0.349. The molecule has 1 saturated heterocycles. The number of likely N-dealkylation sites (tertiary alicyclic amines) is 1. The van der Waals surface area contributed by atoms with Crippen LogP contribution in [0.1, 0.15) is 41.7 Å². The number of rotatable bonds is 9. The van der Waals surface area contributed by atoms with Gasteiger partial charge in [0.15, 0.2) is 5.69 Å². The number of thiophene rings is 1. The van der Waals surface area contributed by atoms with Crippen molar-refractivity contribution in [2.45, 2.75) is 43.8 Å². The van der Waals surface area contributed by atoms with Crippen molar-refractivity contribution in [1.82, 2.24) is 20.0 Å². The summed E-state index contributed by atoms with van der Waals surface area (Å²) in [5, 5.41) is 18.3. The molecule has 0 spiro atoms. The zero-order chi connectivity index (χ0) is 27.5. The monoisotopic (exact) mass is 556 g/mol. The van der Waals surface area contributed by atoms with Gasteiger partial charge in [0.05, 0.1) is 24.2 Å². The van der Waals surface area contributed by atoms with Crippen LogP contribution in [0.3, 0.4) is 0 Å². The third kappa shape index (κ3) is 6.76. The number of carbonyl (C=O) groups is 2. The normalized spacial score (nSPS) is 16.8. The fraction of sp³-hybridized carbons (Fsp3) is 0.400. The minimum absolute atomic E-state index is 0.0378. The van der Waals surface area contributed by atoms with Crippen molar-refractivity contribution in [3.8, 4) is 16.3 Å². The van der Waals surface area contributed by atoms with Gasteiger partial charge in [-0.25, -0.2) is 13.5 Å². The van der Waals surface area contributed by atoms with E-state index in [2.05, 4.69) is 10.4 Å². The predicted octanol–water partition coefficient (Wildman–Crippen LogP) is 5.31. The first-order chi connectivity index (χ1) is 17.9. The average molecular weight is 557 g/mol. The van der Waals surface area contributed by atoms with E-state index in [-0.39, 0.29) is 36.3 Å². The standard InChI is InChI=1S/C25H25F5N4O3S/c26-24(27)9-4-10-33(15-24)11-8-16(13-22(35)36)31-23(37)19-14-20(34(32-19)21-7-3-12-38-21)17-5-1-2-6-18(17)25(28,29)30/h1-3,5-7,12,14,16H,4,8-11,13,15H2,(H,31,37)(H,35,36)/t16-/m0/s1. The van der Waals surface area contributed by atoms with Crippen molar-refractivity contribution in [1.29, 1.82) is 0 Å². The second-order valence-corrected chi connectivity index (χ2v) is 10.0. The summed E-state index contributed by atoms with van der Waals surface area (Å²) in [6.07, 6.45) is -4.90. The molecule has 0 aliphatic carbocycles. The molecule has 0 bridgehead atoms. The molecule has 0 saturated carbocycles. The Labute approximate surface area is 218 Å². The molecule has 13 heteroatoms. The SMILES string of the molecule is O=C(O)C[C@H](CCN1CCCC(F)(F)C1)NC(=O)c1cc(-c2ccccc2C(F)(F)F)n(-c2cccs2)n1. The number of nitrogens with one attached hydrogen (secondary N) is 1. The molecule has 204 valence electrons. The molecule has 1 aliphatic rings. The maximum atomic E-state index is 13.7. The van der Waals surface area contributed by atoms with Crippen LogP contribution in [0.2, 0.25) is 0 Å². The molecule has 1 aliphatic heterocycles. The summed E-state index contributed by atoms with van der Waals surface area (Å²) in [4.78, 5) is 26.0. The summed E-state index contributed by atoms with van der Waals surface area (Å²) < 4.78 is 69.9. The first kappa shape index (κ1) is 27.7. The van der Waals surface area contributed by atoms with Crippen molar-refractivity contribution in [3.05, 3.63) is 59.1 Å². The number of alkyl halides is 5. The van der Waals surface area contributed by atoms with E-state index in [1.165, 1.54) is 45.2 Å². The molecule has 1 aromatic carbocycles. The molecule has 3 aromatic rings. The molecule has 1 fully saturated rings. The third-order valence-electron chi connectivity index (χ3n) is 6.19. The van der Waals surface area contributed by atoms with Crippen molar-refractivity contribution in [2.75, 3.05) is 19.6 Å². The molecule has 1 atom stereocenters. The van der Waals surface area contributed by atoms with Gasteiger partial charge in [-0.1, -0.05) is 18.2 Å². The highest BCUT2D eigenvalue weighted by atomic mass is 32.1. The number of piperidine rings is 1. The summed E-state index contributed by atoms with van der Waals surface area (Å²) >= 11 is 1.21. The van der Waals surface area contributed by atoms with Crippen molar-refractivity contribution in [3.63, 3.8) is 0 Å². The van der Waals surface area contributed by atoms with Crippen LogP contribution < -0.4 is 5.32 Å². The van der Waals surface area contributed by atoms with E-state index in [1.807, 2.05) is 0 Å². The Balaban J connectivity index is 1.59. The highest BCUT2D eigenvalue weighted by molar-refractivity contribution is 7.12. The molecular formula is C25H25F5N4O3S. The average Bonchev–Trinajstić information content (AvgIpc) is 3.51. The summed E-state index contributed by atoms with van der Waals surface area (Å²) in [6, 6.07) is 8.59. The van der Waals surface area contributed by atoms with Crippen LogP contribution in [0.15, 0.2) is 47.8 Å². The van der Waals surface area contributed by atoms with Gasteiger partial charge in [-0.2, -0.15) is 18.3 Å². The fourth-order valence-electron chi connectivity index (χ4n) is 4.47. The second-order valence-electron chi connectivity index (χ2n) is 9.11. The number of carboxylic acid groups (broad SMARTS) is 1. The predicted molar refractivity (Wildman–Crippen MR) is 131 cm³/mol. The Kier molecular flexibility index (Phi) is 8.16. The summed E-state index contributed by atoms with van der Waals surface area (Å²) in [5.41, 5.74) is -1.24. The van der Waals surface area contributed by atoms with Gasteiger partial charge >= 0.3 is 12.1 Å². The molecule has 2 aromatic heterocycles. The van der Waals surface area contributed by atoms with Crippen LogP contribution in [0.5, 0.6) is 0 Å². The Morgan fingerprint density at radius 3 is 2.61 bits per heavy atom. The Hall–Kier alpha value is -3.32. The van der Waals surface area contributed by atoms with Gasteiger partial charge in [0.25, 0.3) is 11.8 Å². The van der Waals surface area contributed by atoms with Crippen LogP contribution in [-0.4, -0.2) is 63.3 Å². The number of aromatic nitrogens is 2. The van der Waals surface area contributed by atoms with Crippen molar-refractivity contribution in [2.24, 2.45) is 0 Å². The minimum Gasteiger partial charge on any atom is -0.481 e. The van der Waals surface area contributed by atoms with Gasteiger partial charge in [0.2, 0.25) is 0 Å². The highest BCUT2D eigenvalue weighted by Crippen LogP contribution is 2.38. The lowest BCUT2D eigenvalue weighted by atomic mass is 10.0. The van der Waals surface area contributed by atoms with E-state index < -0.39 is 48.5 Å². The van der Waals surface area contributed by atoms with Crippen LogP contribution in [0, 0.1) is 0 Å². The lowest BCUT2D eigenvalue weighted by Gasteiger charge is -2.33. The van der Waals surface area contributed by atoms with E-state index in [4.69, 9.17) is 0 Å². The summed E-state index contributed by atoms with van der Waals surface area (Å²) in [7, 11) is 0. The summed E-state index contributed by atoms with van der Waals surface area (Å²) in [5.74, 6) is -4.79. The topological polar surface area (TPSA) is 87.5 Å². The Morgan fingerprint density at radius 2 is 1.95 bits per heavy atom. The van der Waals surface area contributed by atoms with Crippen molar-refractivity contribution >= 4 is 23.2 Å². The lowest BCUT2D eigenvalue weighted by Crippen LogP contribution is -2.45. The number of halogens is 5. The van der Waals surface area contributed by atoms with Gasteiger partial charge in [-0.15, -0.1) is 11.3 Å². The first-order valence-corrected chi connectivity index (χ1v) is 12.7. The van der Waals surface area contributed by atoms with E-state index in [9.17, 15) is 36.6 Å². The number of amides is 1. The van der Waals surface area contributed by atoms with E-state index >= 15 is 0 Å². The third-order valence-corrected chi connectivity index (χ3v) is 7.03. The smallest absolute Gasteiger partial charge is 0.417 e. The van der Waals surface area contributed by atoms with Gasteiger partial charge in [0.1, 0.15) is 5.00 Å². The van der Waals surface area contributed by atoms with Gasteiger partial charge in [-0.05, 0) is 49.0 Å². The van der Waals surface area contributed by atoms with Crippen LogP contribution in [0.25, 0.3) is 16.3 Å². The minimum atomic E-state index is -4.65. The van der Waals surface area contributed by atoms with Crippen LogP contribution in [-0.2, 0) is 11.0 Å². The molecule has 3 heterocycles. The number of carboxylic acids is 1. The molecule has 38 heavy (non-hydrogen) atoms. The largest absolute Gasteiger partial charge is 0.481 e. The zero-order valence-corrected chi connectivity index (χ0v) is 20.9. The lowest BCUT2D eigenvalue weighted by molar-refractivity contribution is -0.138.